The lowest BCUT2D eigenvalue weighted by molar-refractivity contribution is -0.134. The van der Waals surface area contributed by atoms with Crippen molar-refractivity contribution in [2.75, 3.05) is 19.6 Å². The molecule has 25 heavy (non-hydrogen) atoms. The maximum Gasteiger partial charge on any atom is 0.242 e. The molecule has 0 atom stereocenters. The van der Waals surface area contributed by atoms with Gasteiger partial charge in [0, 0.05) is 19.5 Å². The first-order valence-corrected chi connectivity index (χ1v) is 8.91. The van der Waals surface area contributed by atoms with Gasteiger partial charge < -0.3 is 15.5 Å². The summed E-state index contributed by atoms with van der Waals surface area (Å²) in [6.07, 6.45) is 5.16. The van der Waals surface area contributed by atoms with E-state index in [1.54, 1.807) is 0 Å². The molecule has 1 fully saturated rings. The Bertz CT molecular complexity index is 583. The van der Waals surface area contributed by atoms with Gasteiger partial charge in [-0.15, -0.1) is 0 Å². The molecule has 1 saturated carbocycles. The Morgan fingerprint density at radius 3 is 2.36 bits per heavy atom. The molecule has 0 bridgehead atoms. The van der Waals surface area contributed by atoms with Gasteiger partial charge in [-0.3, -0.25) is 14.4 Å². The number of nitrogens with one attached hydrogen (secondary N) is 2. The number of carbonyl (C=O) groups excluding carboxylic acids is 3. The minimum atomic E-state index is -0.349. The smallest absolute Gasteiger partial charge is 0.242 e. The van der Waals surface area contributed by atoms with Crippen molar-refractivity contribution >= 4 is 17.7 Å². The highest BCUT2D eigenvalue weighted by Gasteiger charge is 2.26. The molecule has 136 valence electrons. The molecule has 1 aliphatic rings. The monoisotopic (exact) mass is 345 g/mol. The fraction of sp³-hybridized carbons (Fsp3) is 0.526. The lowest BCUT2D eigenvalue weighted by Crippen LogP contribution is -2.47. The van der Waals surface area contributed by atoms with E-state index in [1.807, 2.05) is 23.1 Å². The Morgan fingerprint density at radius 1 is 1.04 bits per heavy atom. The van der Waals surface area contributed by atoms with Crippen molar-refractivity contribution in [1.29, 1.82) is 0 Å². The van der Waals surface area contributed by atoms with Crippen molar-refractivity contribution in [1.82, 2.24) is 15.5 Å². The molecule has 0 unspecified atom stereocenters. The van der Waals surface area contributed by atoms with Crippen LogP contribution in [0.4, 0.5) is 0 Å². The van der Waals surface area contributed by atoms with Gasteiger partial charge >= 0.3 is 0 Å². The molecule has 1 aromatic rings. The second kappa shape index (κ2) is 9.81. The van der Waals surface area contributed by atoms with E-state index in [9.17, 15) is 14.4 Å². The molecule has 1 aliphatic carbocycles. The van der Waals surface area contributed by atoms with Crippen LogP contribution < -0.4 is 10.6 Å². The molecule has 6 nitrogen and oxygen atoms in total. The second-order valence-electron chi connectivity index (χ2n) is 6.45. The summed E-state index contributed by atoms with van der Waals surface area (Å²) in [5, 5.41) is 5.02. The maximum absolute atomic E-state index is 12.6. The predicted octanol–water partition coefficient (Wildman–Crippen LogP) is 1.25. The minimum Gasteiger partial charge on any atom is -0.347 e. The molecular formula is C19H27N3O3. The van der Waals surface area contributed by atoms with Gasteiger partial charge in [-0.2, -0.15) is 0 Å². The van der Waals surface area contributed by atoms with E-state index in [-0.39, 0.29) is 36.9 Å². The number of rotatable bonds is 8. The lowest BCUT2D eigenvalue weighted by atomic mass is 10.1. The first kappa shape index (κ1) is 19.0. The molecule has 3 amide bonds. The maximum atomic E-state index is 12.6. The van der Waals surface area contributed by atoms with E-state index in [4.69, 9.17) is 0 Å². The van der Waals surface area contributed by atoms with Crippen molar-refractivity contribution in [2.24, 2.45) is 0 Å². The van der Waals surface area contributed by atoms with Gasteiger partial charge in [0.25, 0.3) is 0 Å². The van der Waals surface area contributed by atoms with Crippen LogP contribution >= 0.6 is 0 Å². The van der Waals surface area contributed by atoms with Crippen molar-refractivity contribution in [3.63, 3.8) is 0 Å². The quantitative estimate of drug-likeness (QED) is 0.744. The molecule has 0 aliphatic heterocycles. The summed E-state index contributed by atoms with van der Waals surface area (Å²) < 4.78 is 0. The third-order valence-electron chi connectivity index (χ3n) is 4.50. The largest absolute Gasteiger partial charge is 0.347 e. The van der Waals surface area contributed by atoms with Crippen molar-refractivity contribution in [3.05, 3.63) is 35.9 Å². The molecule has 0 radical (unpaired) electrons. The number of benzene rings is 1. The normalized spacial score (nSPS) is 14.1. The van der Waals surface area contributed by atoms with Gasteiger partial charge in [0.05, 0.1) is 13.1 Å². The van der Waals surface area contributed by atoms with E-state index < -0.39 is 0 Å². The summed E-state index contributed by atoms with van der Waals surface area (Å²) in [6, 6.07) is 10.4. The van der Waals surface area contributed by atoms with Crippen molar-refractivity contribution in [2.45, 2.75) is 45.1 Å². The fourth-order valence-electron chi connectivity index (χ4n) is 3.16. The van der Waals surface area contributed by atoms with Gasteiger partial charge in [0.1, 0.15) is 0 Å². The molecule has 0 saturated heterocycles. The molecular weight excluding hydrogens is 318 g/mol. The molecule has 1 aromatic carbocycles. The van der Waals surface area contributed by atoms with E-state index in [0.29, 0.717) is 6.54 Å². The number of nitrogens with zero attached hydrogens (tertiary/aromatic N) is 1. The minimum absolute atomic E-state index is 0.0241. The number of hydrogen-bond donors (Lipinski definition) is 2. The van der Waals surface area contributed by atoms with Crippen LogP contribution in [0.3, 0.4) is 0 Å². The van der Waals surface area contributed by atoms with Crippen molar-refractivity contribution in [3.8, 4) is 0 Å². The molecule has 2 rings (SSSR count). The van der Waals surface area contributed by atoms with Crippen LogP contribution in [0.1, 0.15) is 38.2 Å². The average molecular weight is 345 g/mol. The number of hydrogen-bond acceptors (Lipinski definition) is 3. The zero-order valence-electron chi connectivity index (χ0n) is 14.8. The summed E-state index contributed by atoms with van der Waals surface area (Å²) in [6.45, 7) is 1.89. The first-order valence-electron chi connectivity index (χ1n) is 8.91. The van der Waals surface area contributed by atoms with Crippen LogP contribution in [0, 0.1) is 0 Å². The summed E-state index contributed by atoms with van der Waals surface area (Å²) in [4.78, 5) is 37.0. The van der Waals surface area contributed by atoms with Gasteiger partial charge in [-0.1, -0.05) is 43.2 Å². The number of carbonyl (C=O) groups is 3. The Hall–Kier alpha value is -2.37. The average Bonchev–Trinajstić information content (AvgIpc) is 3.13. The van der Waals surface area contributed by atoms with Crippen LogP contribution in [0.25, 0.3) is 0 Å². The zero-order chi connectivity index (χ0) is 18.1. The Morgan fingerprint density at radius 2 is 1.72 bits per heavy atom. The van der Waals surface area contributed by atoms with Crippen LogP contribution in [0.15, 0.2) is 30.3 Å². The van der Waals surface area contributed by atoms with E-state index in [1.165, 1.54) is 12.5 Å². The highest BCUT2D eigenvalue weighted by molar-refractivity contribution is 5.87. The highest BCUT2D eigenvalue weighted by Crippen LogP contribution is 2.23. The van der Waals surface area contributed by atoms with E-state index >= 15 is 0 Å². The highest BCUT2D eigenvalue weighted by atomic mass is 16.2. The van der Waals surface area contributed by atoms with Crippen LogP contribution in [0.5, 0.6) is 0 Å². The van der Waals surface area contributed by atoms with E-state index in [2.05, 4.69) is 22.8 Å². The van der Waals surface area contributed by atoms with Crippen LogP contribution in [0.2, 0.25) is 0 Å². The van der Waals surface area contributed by atoms with Gasteiger partial charge in [-0.25, -0.2) is 0 Å². The topological polar surface area (TPSA) is 78.5 Å². The summed E-state index contributed by atoms with van der Waals surface area (Å²) in [7, 11) is 0. The molecule has 0 aromatic heterocycles. The molecule has 2 N–H and O–H groups in total. The first-order chi connectivity index (χ1) is 12.1. The van der Waals surface area contributed by atoms with E-state index in [0.717, 1.165) is 32.1 Å². The number of amides is 3. The summed E-state index contributed by atoms with van der Waals surface area (Å²) in [5.41, 5.74) is 1.20. The Kier molecular flexibility index (Phi) is 7.44. The standard InChI is InChI=1S/C19H27N3O3/c1-15(23)20-13-18(24)21-14-19(25)22(17-9-5-6-10-17)12-11-16-7-3-2-4-8-16/h2-4,7-8,17H,5-6,9-14H2,1H3,(H,20,23)(H,21,24). The van der Waals surface area contributed by atoms with Crippen LogP contribution in [-0.4, -0.2) is 48.3 Å². The predicted molar refractivity (Wildman–Crippen MR) is 95.8 cm³/mol. The molecule has 0 spiro atoms. The lowest BCUT2D eigenvalue weighted by Gasteiger charge is -2.29. The third-order valence-corrected chi connectivity index (χ3v) is 4.50. The fourth-order valence-corrected chi connectivity index (χ4v) is 3.16. The zero-order valence-corrected chi connectivity index (χ0v) is 14.8. The third kappa shape index (κ3) is 6.57. The second-order valence-corrected chi connectivity index (χ2v) is 6.45. The van der Waals surface area contributed by atoms with Crippen molar-refractivity contribution < 1.29 is 14.4 Å². The SMILES string of the molecule is CC(=O)NCC(=O)NCC(=O)N(CCc1ccccc1)C1CCCC1. The Labute approximate surface area is 149 Å². The Balaban J connectivity index is 1.87. The van der Waals surface area contributed by atoms with Gasteiger partial charge in [-0.05, 0) is 24.8 Å². The molecule has 6 heteroatoms. The van der Waals surface area contributed by atoms with Crippen LogP contribution in [-0.2, 0) is 20.8 Å². The summed E-state index contributed by atoms with van der Waals surface area (Å²) >= 11 is 0. The summed E-state index contributed by atoms with van der Waals surface area (Å²) in [5.74, 6) is -0.672. The van der Waals surface area contributed by atoms with Gasteiger partial charge in [0.15, 0.2) is 0 Å². The van der Waals surface area contributed by atoms with Gasteiger partial charge in [0.2, 0.25) is 17.7 Å². The molecule has 0 heterocycles.